The van der Waals surface area contributed by atoms with Gasteiger partial charge in [-0.25, -0.2) is 19.9 Å². The molecular weight excluding hydrogens is 689 g/mol. The highest BCUT2D eigenvalue weighted by atomic mass is 32.1. The van der Waals surface area contributed by atoms with Crippen molar-refractivity contribution in [1.29, 1.82) is 0 Å². The number of fused-ring (bicyclic) bond motifs is 7. The maximum atomic E-state index is 6.51. The molecule has 5 nitrogen and oxygen atoms in total. The van der Waals surface area contributed by atoms with Gasteiger partial charge in [0.2, 0.25) is 0 Å². The summed E-state index contributed by atoms with van der Waals surface area (Å²) in [6, 6.07) is 54.5. The lowest BCUT2D eigenvalue weighted by molar-refractivity contribution is 0.669. The highest BCUT2D eigenvalue weighted by Gasteiger charge is 2.19. The van der Waals surface area contributed by atoms with Crippen LogP contribution in [0.2, 0.25) is 0 Å². The smallest absolute Gasteiger partial charge is 0.164 e. The van der Waals surface area contributed by atoms with Crippen molar-refractivity contribution in [1.82, 2.24) is 19.9 Å². The summed E-state index contributed by atoms with van der Waals surface area (Å²) in [7, 11) is 0. The average molecular weight is 715 g/mol. The molecule has 0 radical (unpaired) electrons. The van der Waals surface area contributed by atoms with Gasteiger partial charge < -0.3 is 4.42 Å². The predicted molar refractivity (Wildman–Crippen MR) is 220 cm³/mol. The van der Waals surface area contributed by atoms with E-state index in [-0.39, 0.29) is 0 Å². The van der Waals surface area contributed by atoms with E-state index in [0.29, 0.717) is 17.5 Å². The van der Waals surface area contributed by atoms with E-state index in [9.17, 15) is 0 Å². The fourth-order valence-electron chi connectivity index (χ4n) is 7.28. The highest BCUT2D eigenvalue weighted by Crippen LogP contribution is 2.42. The van der Waals surface area contributed by atoms with Gasteiger partial charge in [0.25, 0.3) is 0 Å². The molecule has 0 atom stereocenters. The summed E-state index contributed by atoms with van der Waals surface area (Å²) in [5.74, 6) is 1.82. The standard InChI is InChI=1S/C46H26N4OS2/c1-2-11-27(12-3-1)43-48-44(29-14-8-13-28(25-29)31-16-9-17-33-32-15-4-6-21-39(32)52-42(31)33)50-45(49-43)35-18-10-20-37-41(35)34-24-23-30(26-38(34)51-37)46-47-36-19-5-7-22-40(36)53-46/h1-26H. The summed E-state index contributed by atoms with van der Waals surface area (Å²) in [5.41, 5.74) is 8.66. The Hall–Kier alpha value is -6.54. The minimum atomic E-state index is 0.592. The molecule has 0 saturated heterocycles. The van der Waals surface area contributed by atoms with Gasteiger partial charge in [-0.3, -0.25) is 0 Å². The molecule has 0 N–H and O–H groups in total. The molecule has 0 spiro atoms. The molecule has 4 heterocycles. The van der Waals surface area contributed by atoms with E-state index in [1.54, 1.807) is 11.3 Å². The van der Waals surface area contributed by atoms with Gasteiger partial charge in [0.1, 0.15) is 16.2 Å². The number of rotatable bonds is 5. The van der Waals surface area contributed by atoms with Gasteiger partial charge in [0.15, 0.2) is 17.5 Å². The number of hydrogen-bond donors (Lipinski definition) is 0. The maximum absolute atomic E-state index is 6.51. The van der Waals surface area contributed by atoms with Crippen molar-refractivity contribution in [2.75, 3.05) is 0 Å². The molecule has 11 aromatic rings. The SMILES string of the molecule is c1ccc(-c2nc(-c3cccc(-c4cccc5c4sc4ccccc45)c3)nc(-c3cccc4oc5cc(-c6nc7ccccc7s6)ccc5c34)n2)cc1. The van der Waals surface area contributed by atoms with Crippen LogP contribution in [0.5, 0.6) is 0 Å². The first-order valence-corrected chi connectivity index (χ1v) is 19.0. The first kappa shape index (κ1) is 30.1. The number of thiazole rings is 1. The molecule has 0 bridgehead atoms. The molecule has 0 aliphatic rings. The van der Waals surface area contributed by atoms with Crippen molar-refractivity contribution < 1.29 is 4.42 Å². The summed E-state index contributed by atoms with van der Waals surface area (Å²) in [5, 5.41) is 5.50. The number of furan rings is 1. The molecule has 0 unspecified atom stereocenters. The first-order chi connectivity index (χ1) is 26.2. The van der Waals surface area contributed by atoms with Crippen LogP contribution in [0.1, 0.15) is 0 Å². The Morgan fingerprint density at radius 1 is 0.396 bits per heavy atom. The van der Waals surface area contributed by atoms with E-state index in [0.717, 1.165) is 65.0 Å². The van der Waals surface area contributed by atoms with Crippen molar-refractivity contribution in [2.24, 2.45) is 0 Å². The Labute approximate surface area is 311 Å². The normalized spacial score (nSPS) is 11.8. The first-order valence-electron chi connectivity index (χ1n) is 17.4. The lowest BCUT2D eigenvalue weighted by Gasteiger charge is -2.10. The topological polar surface area (TPSA) is 64.7 Å². The molecule has 248 valence electrons. The fourth-order valence-corrected chi connectivity index (χ4v) is 9.48. The summed E-state index contributed by atoms with van der Waals surface area (Å²) < 4.78 is 10.2. The van der Waals surface area contributed by atoms with E-state index in [1.807, 2.05) is 65.9 Å². The Balaban J connectivity index is 1.07. The minimum absolute atomic E-state index is 0.592. The molecule has 0 aliphatic carbocycles. The van der Waals surface area contributed by atoms with Gasteiger partial charge in [0, 0.05) is 53.2 Å². The second kappa shape index (κ2) is 12.0. The number of benzene rings is 7. The number of nitrogens with zero attached hydrogens (tertiary/aromatic N) is 4. The highest BCUT2D eigenvalue weighted by molar-refractivity contribution is 7.26. The molecule has 53 heavy (non-hydrogen) atoms. The zero-order valence-electron chi connectivity index (χ0n) is 28.0. The van der Waals surface area contributed by atoms with E-state index in [2.05, 4.69) is 103 Å². The number of thiophene rings is 1. The van der Waals surface area contributed by atoms with Gasteiger partial charge in [0.05, 0.1) is 10.2 Å². The van der Waals surface area contributed by atoms with E-state index < -0.39 is 0 Å². The third-order valence-corrected chi connectivity index (χ3v) is 12.1. The van der Waals surface area contributed by atoms with Gasteiger partial charge >= 0.3 is 0 Å². The third-order valence-electron chi connectivity index (χ3n) is 9.78. The van der Waals surface area contributed by atoms with Crippen molar-refractivity contribution in [3.8, 4) is 55.9 Å². The molecule has 7 heteroatoms. The molecule has 4 aromatic heterocycles. The van der Waals surface area contributed by atoms with Crippen LogP contribution in [-0.4, -0.2) is 19.9 Å². The molecule has 7 aromatic carbocycles. The van der Waals surface area contributed by atoms with E-state index >= 15 is 0 Å². The number of para-hydroxylation sites is 1. The Kier molecular flexibility index (Phi) is 6.83. The number of aromatic nitrogens is 4. The quantitative estimate of drug-likeness (QED) is 0.178. The van der Waals surface area contributed by atoms with Gasteiger partial charge in [-0.2, -0.15) is 0 Å². The second-order valence-electron chi connectivity index (χ2n) is 13.0. The molecule has 0 amide bonds. The molecule has 0 fully saturated rings. The lowest BCUT2D eigenvalue weighted by atomic mass is 10.0. The largest absolute Gasteiger partial charge is 0.456 e. The van der Waals surface area contributed by atoms with Crippen molar-refractivity contribution in [3.05, 3.63) is 158 Å². The van der Waals surface area contributed by atoms with Crippen LogP contribution in [0, 0.1) is 0 Å². The zero-order chi connectivity index (χ0) is 34.9. The lowest BCUT2D eigenvalue weighted by Crippen LogP contribution is -2.00. The molecule has 0 saturated carbocycles. The van der Waals surface area contributed by atoms with Crippen LogP contribution < -0.4 is 0 Å². The van der Waals surface area contributed by atoms with Crippen LogP contribution in [0.4, 0.5) is 0 Å². The predicted octanol–water partition coefficient (Wildman–Crippen LogP) is 13.1. The van der Waals surface area contributed by atoms with Crippen molar-refractivity contribution in [2.45, 2.75) is 0 Å². The Morgan fingerprint density at radius 2 is 1.09 bits per heavy atom. The molecular formula is C46H26N4OS2. The van der Waals surface area contributed by atoms with E-state index in [1.165, 1.54) is 25.7 Å². The van der Waals surface area contributed by atoms with Gasteiger partial charge in [-0.05, 0) is 53.6 Å². The van der Waals surface area contributed by atoms with Crippen LogP contribution in [0.15, 0.2) is 162 Å². The summed E-state index contributed by atoms with van der Waals surface area (Å²) in [6.45, 7) is 0. The summed E-state index contributed by atoms with van der Waals surface area (Å²) in [4.78, 5) is 20.3. The Morgan fingerprint density at radius 3 is 2.00 bits per heavy atom. The van der Waals surface area contributed by atoms with Crippen molar-refractivity contribution in [3.63, 3.8) is 0 Å². The maximum Gasteiger partial charge on any atom is 0.164 e. The zero-order valence-corrected chi connectivity index (χ0v) is 29.7. The average Bonchev–Trinajstić information content (AvgIpc) is 3.94. The van der Waals surface area contributed by atoms with Crippen molar-refractivity contribution >= 4 is 75.0 Å². The van der Waals surface area contributed by atoms with Crippen LogP contribution >= 0.6 is 22.7 Å². The molecule has 0 aliphatic heterocycles. The van der Waals surface area contributed by atoms with Crippen LogP contribution in [0.25, 0.3) is 108 Å². The summed E-state index contributed by atoms with van der Waals surface area (Å²) >= 11 is 3.52. The Bertz CT molecular complexity index is 3160. The third kappa shape index (κ3) is 5.04. The van der Waals surface area contributed by atoms with Crippen LogP contribution in [0.3, 0.4) is 0 Å². The minimum Gasteiger partial charge on any atom is -0.456 e. The van der Waals surface area contributed by atoms with Gasteiger partial charge in [-0.15, -0.1) is 22.7 Å². The monoisotopic (exact) mass is 714 g/mol. The van der Waals surface area contributed by atoms with Gasteiger partial charge in [-0.1, -0.05) is 115 Å². The van der Waals surface area contributed by atoms with E-state index in [4.69, 9.17) is 24.4 Å². The summed E-state index contributed by atoms with van der Waals surface area (Å²) in [6.07, 6.45) is 0. The fraction of sp³-hybridized carbons (Fsp3) is 0. The second-order valence-corrected chi connectivity index (χ2v) is 15.1. The molecule has 11 rings (SSSR count). The van der Waals surface area contributed by atoms with Crippen LogP contribution in [-0.2, 0) is 0 Å². The number of hydrogen-bond acceptors (Lipinski definition) is 7.